The first-order valence-corrected chi connectivity index (χ1v) is 5.92. The molecule has 1 amide bonds. The summed E-state index contributed by atoms with van der Waals surface area (Å²) in [5.41, 5.74) is 3.94. The maximum Gasteiger partial charge on any atom is 0.296 e. The summed E-state index contributed by atoms with van der Waals surface area (Å²) in [7, 11) is 0. The molecule has 1 rings (SSSR count). The van der Waals surface area contributed by atoms with Crippen molar-refractivity contribution in [3.63, 3.8) is 0 Å². The number of nitrogens with one attached hydrogen (secondary N) is 1. The number of halogens is 2. The number of nitro groups is 1. The van der Waals surface area contributed by atoms with E-state index in [1.807, 2.05) is 0 Å². The molecule has 0 saturated heterocycles. The van der Waals surface area contributed by atoms with Crippen molar-refractivity contribution in [2.24, 2.45) is 17.6 Å². The van der Waals surface area contributed by atoms with E-state index < -0.39 is 39.8 Å². The summed E-state index contributed by atoms with van der Waals surface area (Å²) in [6, 6.07) is 1.42. The van der Waals surface area contributed by atoms with Crippen molar-refractivity contribution in [1.29, 1.82) is 0 Å². The highest BCUT2D eigenvalue weighted by Gasteiger charge is 2.27. The van der Waals surface area contributed by atoms with E-state index >= 15 is 0 Å². The van der Waals surface area contributed by atoms with Crippen LogP contribution >= 0.6 is 0 Å². The van der Waals surface area contributed by atoms with Crippen LogP contribution in [0.5, 0.6) is 0 Å². The van der Waals surface area contributed by atoms with Crippen LogP contribution in [0.3, 0.4) is 0 Å². The first-order valence-electron chi connectivity index (χ1n) is 5.92. The van der Waals surface area contributed by atoms with Gasteiger partial charge in [-0.15, -0.1) is 0 Å². The molecule has 0 bridgehead atoms. The molecule has 0 heterocycles. The largest absolute Gasteiger partial charge is 0.330 e. The SMILES string of the molecule is CC(C)C(CN)C(=O)Nc1c([N+](=O)[O-])ccc(F)c1F. The molecular weight excluding hydrogens is 272 g/mol. The Morgan fingerprint density at radius 3 is 2.50 bits per heavy atom. The summed E-state index contributed by atoms with van der Waals surface area (Å²) in [6.45, 7) is 3.45. The molecule has 0 radical (unpaired) electrons. The Labute approximate surface area is 114 Å². The Hall–Kier alpha value is -2.09. The highest BCUT2D eigenvalue weighted by atomic mass is 19.2. The average molecular weight is 287 g/mol. The van der Waals surface area contributed by atoms with Crippen LogP contribution in [0.2, 0.25) is 0 Å². The molecule has 1 unspecified atom stereocenters. The van der Waals surface area contributed by atoms with E-state index in [0.29, 0.717) is 6.07 Å². The predicted molar refractivity (Wildman–Crippen MR) is 69.0 cm³/mol. The van der Waals surface area contributed by atoms with Crippen molar-refractivity contribution >= 4 is 17.3 Å². The molecule has 3 N–H and O–H groups in total. The predicted octanol–water partition coefficient (Wildman–Crippen LogP) is 2.04. The van der Waals surface area contributed by atoms with Crippen LogP contribution in [-0.4, -0.2) is 17.4 Å². The lowest BCUT2D eigenvalue weighted by atomic mass is 9.95. The number of carbonyl (C=O) groups excluding carboxylic acids is 1. The molecule has 0 aromatic heterocycles. The third-order valence-corrected chi connectivity index (χ3v) is 2.91. The molecule has 20 heavy (non-hydrogen) atoms. The van der Waals surface area contributed by atoms with E-state index in [1.54, 1.807) is 13.8 Å². The van der Waals surface area contributed by atoms with Crippen molar-refractivity contribution in [3.8, 4) is 0 Å². The van der Waals surface area contributed by atoms with Crippen LogP contribution in [-0.2, 0) is 4.79 Å². The van der Waals surface area contributed by atoms with Crippen LogP contribution in [0, 0.1) is 33.6 Å². The topological polar surface area (TPSA) is 98.3 Å². The van der Waals surface area contributed by atoms with E-state index in [9.17, 15) is 23.7 Å². The molecule has 1 aromatic rings. The number of nitro benzene ring substituents is 1. The van der Waals surface area contributed by atoms with Gasteiger partial charge in [0.25, 0.3) is 5.69 Å². The number of hydrogen-bond acceptors (Lipinski definition) is 4. The second-order valence-corrected chi connectivity index (χ2v) is 4.59. The van der Waals surface area contributed by atoms with Gasteiger partial charge in [-0.3, -0.25) is 14.9 Å². The first-order chi connectivity index (χ1) is 9.29. The second-order valence-electron chi connectivity index (χ2n) is 4.59. The molecule has 1 atom stereocenters. The molecule has 1 aromatic carbocycles. The van der Waals surface area contributed by atoms with Gasteiger partial charge in [-0.1, -0.05) is 13.8 Å². The standard InChI is InChI=1S/C12H15F2N3O3/c1-6(2)7(5-15)12(18)16-11-9(17(19)20)4-3-8(13)10(11)14/h3-4,6-7H,5,15H2,1-2H3,(H,16,18). The van der Waals surface area contributed by atoms with Gasteiger partial charge in [0.05, 0.1) is 10.8 Å². The van der Waals surface area contributed by atoms with Gasteiger partial charge in [-0.2, -0.15) is 0 Å². The summed E-state index contributed by atoms with van der Waals surface area (Å²) >= 11 is 0. The smallest absolute Gasteiger partial charge is 0.296 e. The van der Waals surface area contributed by atoms with Gasteiger partial charge in [-0.25, -0.2) is 8.78 Å². The summed E-state index contributed by atoms with van der Waals surface area (Å²) in [4.78, 5) is 21.8. The average Bonchev–Trinajstić information content (AvgIpc) is 2.35. The summed E-state index contributed by atoms with van der Waals surface area (Å²) < 4.78 is 26.8. The van der Waals surface area contributed by atoms with Gasteiger partial charge < -0.3 is 11.1 Å². The lowest BCUT2D eigenvalue weighted by Gasteiger charge is -2.18. The molecule has 8 heteroatoms. The second kappa shape index (κ2) is 6.38. The number of nitrogens with zero attached hydrogens (tertiary/aromatic N) is 1. The fraction of sp³-hybridized carbons (Fsp3) is 0.417. The Morgan fingerprint density at radius 1 is 1.45 bits per heavy atom. The summed E-state index contributed by atoms with van der Waals surface area (Å²) in [5, 5.41) is 12.8. The van der Waals surface area contributed by atoms with Crippen molar-refractivity contribution < 1.29 is 18.5 Å². The Morgan fingerprint density at radius 2 is 2.05 bits per heavy atom. The Kier molecular flexibility index (Phi) is 5.09. The molecule has 0 fully saturated rings. The van der Waals surface area contributed by atoms with Crippen LogP contribution in [0.15, 0.2) is 12.1 Å². The van der Waals surface area contributed by atoms with Crippen LogP contribution < -0.4 is 11.1 Å². The minimum absolute atomic E-state index is 0.00572. The molecule has 0 aliphatic carbocycles. The minimum atomic E-state index is -1.47. The minimum Gasteiger partial charge on any atom is -0.330 e. The number of carbonyl (C=O) groups is 1. The van der Waals surface area contributed by atoms with E-state index in [2.05, 4.69) is 5.32 Å². The number of nitrogens with two attached hydrogens (primary N) is 1. The Bertz CT molecular complexity index is 535. The van der Waals surface area contributed by atoms with Crippen molar-refractivity contribution in [2.45, 2.75) is 13.8 Å². The Balaban J connectivity index is 3.17. The van der Waals surface area contributed by atoms with Gasteiger partial charge >= 0.3 is 0 Å². The zero-order chi connectivity index (χ0) is 15.4. The quantitative estimate of drug-likeness (QED) is 0.639. The molecule has 0 saturated carbocycles. The molecule has 0 aliphatic heterocycles. The third-order valence-electron chi connectivity index (χ3n) is 2.91. The zero-order valence-electron chi connectivity index (χ0n) is 11.0. The highest BCUT2D eigenvalue weighted by molar-refractivity contribution is 5.95. The number of anilines is 1. The number of amides is 1. The normalized spacial score (nSPS) is 12.3. The molecule has 0 spiro atoms. The van der Waals surface area contributed by atoms with Gasteiger partial charge in [0.15, 0.2) is 17.3 Å². The monoisotopic (exact) mass is 287 g/mol. The maximum atomic E-state index is 13.6. The molecule has 110 valence electrons. The lowest BCUT2D eigenvalue weighted by molar-refractivity contribution is -0.384. The van der Waals surface area contributed by atoms with Crippen molar-refractivity contribution in [1.82, 2.24) is 0 Å². The van der Waals surface area contributed by atoms with Gasteiger partial charge in [0.1, 0.15) is 0 Å². The summed E-state index contributed by atoms with van der Waals surface area (Å²) in [6.07, 6.45) is 0. The third kappa shape index (κ3) is 3.27. The molecule has 0 aliphatic rings. The van der Waals surface area contributed by atoms with Crippen LogP contribution in [0.25, 0.3) is 0 Å². The molecule has 6 nitrogen and oxygen atoms in total. The van der Waals surface area contributed by atoms with Crippen LogP contribution in [0.4, 0.5) is 20.2 Å². The van der Waals surface area contributed by atoms with Crippen molar-refractivity contribution in [3.05, 3.63) is 33.9 Å². The number of hydrogen-bond donors (Lipinski definition) is 2. The lowest BCUT2D eigenvalue weighted by Crippen LogP contribution is -2.33. The van der Waals surface area contributed by atoms with Crippen molar-refractivity contribution in [2.75, 3.05) is 11.9 Å². The van der Waals surface area contributed by atoms with Gasteiger partial charge in [0.2, 0.25) is 5.91 Å². The van der Waals surface area contributed by atoms with E-state index in [1.165, 1.54) is 0 Å². The fourth-order valence-electron chi connectivity index (χ4n) is 1.71. The van der Waals surface area contributed by atoms with E-state index in [4.69, 9.17) is 5.73 Å². The summed E-state index contributed by atoms with van der Waals surface area (Å²) in [5.74, 6) is -4.23. The van der Waals surface area contributed by atoms with E-state index in [-0.39, 0.29) is 12.5 Å². The van der Waals surface area contributed by atoms with Gasteiger partial charge in [0, 0.05) is 12.6 Å². The van der Waals surface area contributed by atoms with Gasteiger partial charge in [-0.05, 0) is 12.0 Å². The fourth-order valence-corrected chi connectivity index (χ4v) is 1.71. The first kappa shape index (κ1) is 16.0. The number of rotatable bonds is 5. The van der Waals surface area contributed by atoms with E-state index in [0.717, 1.165) is 6.07 Å². The highest BCUT2D eigenvalue weighted by Crippen LogP contribution is 2.29. The zero-order valence-corrected chi connectivity index (χ0v) is 11.0. The van der Waals surface area contributed by atoms with Crippen LogP contribution in [0.1, 0.15) is 13.8 Å². The number of benzene rings is 1. The molecular formula is C12H15F2N3O3. The maximum absolute atomic E-state index is 13.6.